The Morgan fingerprint density at radius 3 is 2.79 bits per heavy atom. The fourth-order valence-electron chi connectivity index (χ4n) is 3.44. The number of fused-ring (bicyclic) bond motifs is 2. The van der Waals surface area contributed by atoms with E-state index in [4.69, 9.17) is 14.7 Å². The first-order valence-electron chi connectivity index (χ1n) is 9.08. The first-order chi connectivity index (χ1) is 13.6. The van der Waals surface area contributed by atoms with Gasteiger partial charge in [-0.05, 0) is 31.2 Å². The van der Waals surface area contributed by atoms with E-state index in [2.05, 4.69) is 0 Å². The second kappa shape index (κ2) is 7.40. The lowest BCUT2D eigenvalue weighted by atomic mass is 10.1. The van der Waals surface area contributed by atoms with Gasteiger partial charge in [-0.15, -0.1) is 0 Å². The van der Waals surface area contributed by atoms with Crippen molar-refractivity contribution < 1.29 is 24.3 Å². The van der Waals surface area contributed by atoms with Gasteiger partial charge in [0.05, 0.1) is 24.8 Å². The average Bonchev–Trinajstić information content (AvgIpc) is 2.90. The maximum atomic E-state index is 13.4. The Kier molecular flexibility index (Phi) is 4.79. The molecule has 28 heavy (non-hydrogen) atoms. The summed E-state index contributed by atoms with van der Waals surface area (Å²) in [6.07, 6.45) is 0. The zero-order valence-electron chi connectivity index (χ0n) is 15.4. The fraction of sp³-hybridized carbons (Fsp3) is 0.300. The predicted octanol–water partition coefficient (Wildman–Crippen LogP) is 2.41. The molecule has 0 saturated carbocycles. The third-order valence-electron chi connectivity index (χ3n) is 4.99. The Morgan fingerprint density at radius 1 is 1.14 bits per heavy atom. The standard InChI is InChI=1S/C20H21N3O5/c1-13-12-28-18-10-14(19(24)21-26)6-7-15(18)11-23(13)20(25)22-8-9-27-17-5-3-2-4-16(17)22/h2-7,10,13,26H,8-9,11-12H2,1H3,(H,21,24). The largest absolute Gasteiger partial charge is 0.491 e. The Bertz CT molecular complexity index is 916. The highest BCUT2D eigenvalue weighted by Gasteiger charge is 2.32. The summed E-state index contributed by atoms with van der Waals surface area (Å²) in [6.45, 7) is 3.50. The van der Waals surface area contributed by atoms with E-state index in [1.807, 2.05) is 31.2 Å². The number of hydroxylamine groups is 1. The van der Waals surface area contributed by atoms with Crippen LogP contribution in [0, 0.1) is 0 Å². The number of benzene rings is 2. The van der Waals surface area contributed by atoms with Gasteiger partial charge in [0.2, 0.25) is 0 Å². The van der Waals surface area contributed by atoms with Crippen LogP contribution in [0.15, 0.2) is 42.5 Å². The SMILES string of the molecule is CC1COc2cc(C(=O)NO)ccc2CN1C(=O)N1CCOc2ccccc21. The van der Waals surface area contributed by atoms with Gasteiger partial charge < -0.3 is 14.4 Å². The fourth-order valence-corrected chi connectivity index (χ4v) is 3.44. The van der Waals surface area contributed by atoms with E-state index in [1.165, 1.54) is 0 Å². The van der Waals surface area contributed by atoms with Crippen molar-refractivity contribution >= 4 is 17.6 Å². The molecule has 0 fully saturated rings. The second-order valence-electron chi connectivity index (χ2n) is 6.80. The van der Waals surface area contributed by atoms with Crippen LogP contribution < -0.4 is 19.9 Å². The molecule has 0 aromatic heterocycles. The van der Waals surface area contributed by atoms with Crippen LogP contribution in [0.3, 0.4) is 0 Å². The Hall–Kier alpha value is -3.26. The molecule has 2 aliphatic rings. The average molecular weight is 383 g/mol. The normalized spacial score (nSPS) is 18.1. The van der Waals surface area contributed by atoms with Gasteiger partial charge in [-0.1, -0.05) is 18.2 Å². The number of rotatable bonds is 1. The molecule has 4 rings (SSSR count). The molecule has 2 aliphatic heterocycles. The zero-order valence-corrected chi connectivity index (χ0v) is 15.4. The molecule has 0 aliphatic carbocycles. The molecule has 1 atom stereocenters. The molecule has 8 heteroatoms. The van der Waals surface area contributed by atoms with Crippen molar-refractivity contribution in [1.29, 1.82) is 0 Å². The number of carbonyl (C=O) groups excluding carboxylic acids is 2. The molecule has 0 saturated heterocycles. The van der Waals surface area contributed by atoms with Crippen LogP contribution in [0.4, 0.5) is 10.5 Å². The number of nitrogens with zero attached hydrogens (tertiary/aromatic N) is 2. The molecular formula is C20H21N3O5. The number of amides is 3. The van der Waals surface area contributed by atoms with E-state index in [0.29, 0.717) is 37.8 Å². The van der Waals surface area contributed by atoms with Crippen LogP contribution in [0.25, 0.3) is 0 Å². The summed E-state index contributed by atoms with van der Waals surface area (Å²) in [5.41, 5.74) is 3.46. The maximum Gasteiger partial charge on any atom is 0.325 e. The van der Waals surface area contributed by atoms with Crippen molar-refractivity contribution in [2.45, 2.75) is 19.5 Å². The zero-order chi connectivity index (χ0) is 19.7. The summed E-state index contributed by atoms with van der Waals surface area (Å²) < 4.78 is 11.5. The number of carbonyl (C=O) groups is 2. The monoisotopic (exact) mass is 383 g/mol. The van der Waals surface area contributed by atoms with Crippen LogP contribution in [-0.4, -0.2) is 47.8 Å². The van der Waals surface area contributed by atoms with Crippen molar-refractivity contribution in [3.63, 3.8) is 0 Å². The highest BCUT2D eigenvalue weighted by atomic mass is 16.5. The van der Waals surface area contributed by atoms with E-state index < -0.39 is 5.91 Å². The minimum atomic E-state index is -0.610. The summed E-state index contributed by atoms with van der Waals surface area (Å²) in [4.78, 5) is 28.5. The lowest BCUT2D eigenvalue weighted by Gasteiger charge is -2.35. The van der Waals surface area contributed by atoms with Gasteiger partial charge in [0.1, 0.15) is 24.7 Å². The van der Waals surface area contributed by atoms with Crippen molar-refractivity contribution in [3.05, 3.63) is 53.6 Å². The number of urea groups is 1. The highest BCUT2D eigenvalue weighted by molar-refractivity contribution is 5.95. The van der Waals surface area contributed by atoms with E-state index in [9.17, 15) is 9.59 Å². The van der Waals surface area contributed by atoms with E-state index in [0.717, 1.165) is 11.3 Å². The number of hydrogen-bond donors (Lipinski definition) is 2. The van der Waals surface area contributed by atoms with Gasteiger partial charge in [0.15, 0.2) is 0 Å². The maximum absolute atomic E-state index is 13.4. The van der Waals surface area contributed by atoms with E-state index >= 15 is 0 Å². The summed E-state index contributed by atoms with van der Waals surface area (Å²) >= 11 is 0. The minimum absolute atomic E-state index is 0.114. The molecule has 0 spiro atoms. The summed E-state index contributed by atoms with van der Waals surface area (Å²) in [5, 5.41) is 8.82. The lowest BCUT2D eigenvalue weighted by Crippen LogP contribution is -2.50. The van der Waals surface area contributed by atoms with E-state index in [-0.39, 0.29) is 17.6 Å². The van der Waals surface area contributed by atoms with Gasteiger partial charge in [0, 0.05) is 11.1 Å². The number of ether oxygens (including phenoxy) is 2. The van der Waals surface area contributed by atoms with Crippen LogP contribution in [0.2, 0.25) is 0 Å². The topological polar surface area (TPSA) is 91.3 Å². The minimum Gasteiger partial charge on any atom is -0.491 e. The van der Waals surface area contributed by atoms with Gasteiger partial charge in [-0.2, -0.15) is 0 Å². The summed E-state index contributed by atoms with van der Waals surface area (Å²) in [6, 6.07) is 12.1. The van der Waals surface area contributed by atoms with Crippen LogP contribution in [0.1, 0.15) is 22.8 Å². The molecule has 0 radical (unpaired) electrons. The van der Waals surface area contributed by atoms with Crippen molar-refractivity contribution in [2.24, 2.45) is 0 Å². The molecule has 2 heterocycles. The first-order valence-corrected chi connectivity index (χ1v) is 9.08. The van der Waals surface area contributed by atoms with Crippen LogP contribution >= 0.6 is 0 Å². The van der Waals surface area contributed by atoms with Gasteiger partial charge in [-0.3, -0.25) is 14.9 Å². The first kappa shape index (κ1) is 18.1. The van der Waals surface area contributed by atoms with Gasteiger partial charge in [-0.25, -0.2) is 10.3 Å². The third kappa shape index (κ3) is 3.22. The molecule has 8 nitrogen and oxygen atoms in total. The second-order valence-corrected chi connectivity index (χ2v) is 6.80. The molecule has 1 unspecified atom stereocenters. The predicted molar refractivity (Wildman–Crippen MR) is 101 cm³/mol. The molecule has 2 N–H and O–H groups in total. The number of anilines is 1. The molecule has 3 amide bonds. The molecule has 2 aromatic carbocycles. The lowest BCUT2D eigenvalue weighted by molar-refractivity contribution is 0.0706. The van der Waals surface area contributed by atoms with Gasteiger partial charge in [0.25, 0.3) is 5.91 Å². The molecular weight excluding hydrogens is 362 g/mol. The van der Waals surface area contributed by atoms with Crippen LogP contribution in [0.5, 0.6) is 11.5 Å². The summed E-state index contributed by atoms with van der Waals surface area (Å²) in [5.74, 6) is 0.619. The molecule has 146 valence electrons. The van der Waals surface area contributed by atoms with Crippen LogP contribution in [-0.2, 0) is 6.54 Å². The van der Waals surface area contributed by atoms with Gasteiger partial charge >= 0.3 is 6.03 Å². The number of hydrogen-bond acceptors (Lipinski definition) is 5. The number of nitrogens with one attached hydrogen (secondary N) is 1. The van der Waals surface area contributed by atoms with E-state index in [1.54, 1.807) is 33.5 Å². The van der Waals surface area contributed by atoms with Crippen molar-refractivity contribution in [1.82, 2.24) is 10.4 Å². The Balaban J connectivity index is 1.62. The smallest absolute Gasteiger partial charge is 0.325 e. The van der Waals surface area contributed by atoms with Crippen molar-refractivity contribution in [3.8, 4) is 11.5 Å². The Labute approximate surface area is 162 Å². The quantitative estimate of drug-likeness (QED) is 0.583. The Morgan fingerprint density at radius 2 is 1.96 bits per heavy atom. The molecule has 0 bridgehead atoms. The highest BCUT2D eigenvalue weighted by Crippen LogP contribution is 2.33. The third-order valence-corrected chi connectivity index (χ3v) is 4.99. The summed E-state index contributed by atoms with van der Waals surface area (Å²) in [7, 11) is 0. The van der Waals surface area contributed by atoms with Crippen molar-refractivity contribution in [2.75, 3.05) is 24.7 Å². The number of para-hydroxylation sites is 2. The molecule has 2 aromatic rings.